The van der Waals surface area contributed by atoms with Gasteiger partial charge in [-0.05, 0) is 0 Å². The summed E-state index contributed by atoms with van der Waals surface area (Å²) >= 11 is 0. The van der Waals surface area contributed by atoms with Gasteiger partial charge in [-0.25, -0.2) is 0 Å². The number of rotatable bonds is 0. The third-order valence-corrected chi connectivity index (χ3v) is 0. The summed E-state index contributed by atoms with van der Waals surface area (Å²) in [6, 6.07) is 0. The first-order chi connectivity index (χ1) is 0. The van der Waals surface area contributed by atoms with Crippen molar-refractivity contribution in [3.05, 3.63) is 0 Å². The van der Waals surface area contributed by atoms with Crippen LogP contribution in [-0.4, -0.2) is 34.7 Å². The summed E-state index contributed by atoms with van der Waals surface area (Å²) in [4.78, 5) is 0. The van der Waals surface area contributed by atoms with E-state index in [1.54, 1.807) is 0 Å². The van der Waals surface area contributed by atoms with Gasteiger partial charge in [0.15, 0.2) is 0 Å². The Labute approximate surface area is 90.5 Å². The molecule has 7 heavy (non-hydrogen) atoms. The van der Waals surface area contributed by atoms with E-state index in [9.17, 15) is 0 Å². The van der Waals surface area contributed by atoms with Gasteiger partial charge in [0.05, 0.1) is 0 Å². The van der Waals surface area contributed by atoms with Gasteiger partial charge in [-0.3, -0.25) is 0 Å². The van der Waals surface area contributed by atoms with Crippen LogP contribution in [0.3, 0.4) is 0 Å². The fourth-order valence-corrected chi connectivity index (χ4v) is 0. The molecule has 0 atom stereocenters. The van der Waals surface area contributed by atoms with Crippen molar-refractivity contribution in [2.45, 2.75) is 0 Å². The molecule has 0 aliphatic carbocycles. The zero-order chi connectivity index (χ0) is 0. The molecule has 0 aromatic heterocycles. The fourth-order valence-electron chi connectivity index (χ4n) is 0. The number of hydrogen-bond acceptors (Lipinski definition) is 0. The van der Waals surface area contributed by atoms with Crippen LogP contribution in [0.1, 0.15) is 0 Å². The summed E-state index contributed by atoms with van der Waals surface area (Å²) < 4.78 is 0. The molecule has 3 nitrogen and oxygen atoms in total. The van der Waals surface area contributed by atoms with Gasteiger partial charge in [0, 0.05) is 40.2 Å². The van der Waals surface area contributed by atoms with Crippen molar-refractivity contribution in [2.24, 2.45) is 0 Å². The molecule has 0 aliphatic heterocycles. The van der Waals surface area contributed by atoms with Gasteiger partial charge in [0.25, 0.3) is 0 Å². The van der Waals surface area contributed by atoms with Crippen molar-refractivity contribution in [3.63, 3.8) is 0 Å². The molecular weight excluding hydrogens is 486 g/mol. The number of hydrogen-bond donors (Lipinski definition) is 0. The first-order valence-corrected chi connectivity index (χ1v) is 0. The molecule has 2 radical (unpaired) electrons. The Balaban J connectivity index is 0. The van der Waals surface area contributed by atoms with Crippen LogP contribution < -0.4 is 0 Å². The molecule has 0 saturated heterocycles. The summed E-state index contributed by atoms with van der Waals surface area (Å²) in [6.45, 7) is 0. The Morgan fingerprint density at radius 2 is 0.429 bits per heavy atom. The van der Waals surface area contributed by atoms with Crippen LogP contribution in [0.5, 0.6) is 0 Å². The van der Waals surface area contributed by atoms with Crippen LogP contribution in [-0.2, 0) is 56.6 Å². The standard InChI is InChI=1S/2Al.2Ir.3O/q2*+3;;;3*-2. The van der Waals surface area contributed by atoms with Crippen molar-refractivity contribution in [3.8, 4) is 0 Å². The molecule has 0 spiro atoms. The SMILES string of the molecule is [Al+3].[Al+3].[Ir].[Ir].[O-2].[O-2].[O-2]. The minimum Gasteiger partial charge on any atom is -2.00 e. The molecule has 0 aromatic carbocycles. The smallest absolute Gasteiger partial charge is 2.00 e. The molecule has 0 N–H and O–H groups in total. The largest absolute Gasteiger partial charge is 3.00 e. The Morgan fingerprint density at radius 3 is 0.429 bits per heavy atom. The van der Waals surface area contributed by atoms with Crippen molar-refractivity contribution < 1.29 is 56.6 Å². The van der Waals surface area contributed by atoms with E-state index in [0.717, 1.165) is 0 Å². The molecule has 0 heterocycles. The van der Waals surface area contributed by atoms with E-state index in [-0.39, 0.29) is 91.4 Å². The maximum absolute atomic E-state index is 0. The van der Waals surface area contributed by atoms with Crippen molar-refractivity contribution in [1.29, 1.82) is 0 Å². The summed E-state index contributed by atoms with van der Waals surface area (Å²) in [5, 5.41) is 0. The summed E-state index contributed by atoms with van der Waals surface area (Å²) in [5.41, 5.74) is 0. The Morgan fingerprint density at radius 1 is 0.429 bits per heavy atom. The predicted molar refractivity (Wildman–Crippen MR) is 13.6 cm³/mol. The first kappa shape index (κ1) is 125. The Kier molecular flexibility index (Phi) is 1530. The third kappa shape index (κ3) is 63.8. The van der Waals surface area contributed by atoms with Crippen LogP contribution in [0.2, 0.25) is 0 Å². The van der Waals surface area contributed by atoms with Crippen LogP contribution >= 0.6 is 0 Å². The molecular formula is Al2Ir2O3. The van der Waals surface area contributed by atoms with Gasteiger partial charge in [-0.1, -0.05) is 0 Å². The molecule has 0 amide bonds. The first-order valence-electron chi connectivity index (χ1n) is 0. The Bertz CT molecular complexity index is 10.9. The van der Waals surface area contributed by atoms with E-state index in [2.05, 4.69) is 0 Å². The van der Waals surface area contributed by atoms with E-state index in [4.69, 9.17) is 0 Å². The maximum atomic E-state index is 0. The van der Waals surface area contributed by atoms with Gasteiger partial charge in [0.1, 0.15) is 0 Å². The van der Waals surface area contributed by atoms with Gasteiger partial charge in [0.2, 0.25) is 0 Å². The van der Waals surface area contributed by atoms with Gasteiger partial charge in [-0.2, -0.15) is 0 Å². The quantitative estimate of drug-likeness (QED) is 0.389. The zero-order valence-corrected chi connectivity index (χ0v) is 10.1. The summed E-state index contributed by atoms with van der Waals surface area (Å²) in [7, 11) is 0. The van der Waals surface area contributed by atoms with Gasteiger partial charge >= 0.3 is 34.7 Å². The molecule has 0 aromatic rings. The average molecular weight is 486 g/mol. The molecule has 42 valence electrons. The van der Waals surface area contributed by atoms with E-state index >= 15 is 0 Å². The van der Waals surface area contributed by atoms with Crippen LogP contribution in [0.15, 0.2) is 0 Å². The minimum absolute atomic E-state index is 0. The maximum Gasteiger partial charge on any atom is 3.00 e. The molecule has 0 fully saturated rings. The second-order valence-corrected chi connectivity index (χ2v) is 0. The molecule has 0 saturated carbocycles. The third-order valence-electron chi connectivity index (χ3n) is 0. The zero-order valence-electron chi connectivity index (χ0n) is 3.05. The van der Waals surface area contributed by atoms with Crippen LogP contribution in [0.25, 0.3) is 0 Å². The minimum atomic E-state index is 0. The second-order valence-electron chi connectivity index (χ2n) is 0. The van der Waals surface area contributed by atoms with Crippen molar-refractivity contribution >= 4 is 34.7 Å². The van der Waals surface area contributed by atoms with Crippen LogP contribution in [0, 0.1) is 0 Å². The monoisotopic (exact) mass is 488 g/mol. The van der Waals surface area contributed by atoms with Crippen molar-refractivity contribution in [1.82, 2.24) is 0 Å². The normalized spacial score (nSPS) is 0. The van der Waals surface area contributed by atoms with Crippen LogP contribution in [0.4, 0.5) is 0 Å². The Hall–Kier alpha value is 2.24. The second kappa shape index (κ2) is 85.9. The van der Waals surface area contributed by atoms with Gasteiger partial charge < -0.3 is 16.4 Å². The fraction of sp³-hybridized carbons (Fsp3) is 0. The average Bonchev–Trinajstić information content (AvgIpc) is 0. The summed E-state index contributed by atoms with van der Waals surface area (Å²) in [5.74, 6) is 0. The predicted octanol–water partition coefficient (Wildman–Crippen LogP) is -1.12. The van der Waals surface area contributed by atoms with Crippen molar-refractivity contribution in [2.75, 3.05) is 0 Å². The van der Waals surface area contributed by atoms with E-state index in [1.165, 1.54) is 0 Å². The van der Waals surface area contributed by atoms with E-state index < -0.39 is 0 Å². The molecule has 0 unspecified atom stereocenters. The molecule has 0 aliphatic rings. The molecule has 0 bridgehead atoms. The van der Waals surface area contributed by atoms with Gasteiger partial charge in [-0.15, -0.1) is 0 Å². The van der Waals surface area contributed by atoms with E-state index in [1.807, 2.05) is 0 Å². The summed E-state index contributed by atoms with van der Waals surface area (Å²) in [6.07, 6.45) is 0. The topological polar surface area (TPSA) is 85.5 Å². The molecule has 0 rings (SSSR count). The van der Waals surface area contributed by atoms with E-state index in [0.29, 0.717) is 0 Å². The molecule has 7 heteroatoms.